The summed E-state index contributed by atoms with van der Waals surface area (Å²) in [6, 6.07) is 19.8. The molecular weight excluding hydrogens is 378 g/mol. The van der Waals surface area contributed by atoms with Crippen molar-refractivity contribution in [3.05, 3.63) is 66.2 Å². The second kappa shape index (κ2) is 9.83. The zero-order valence-corrected chi connectivity index (χ0v) is 18.1. The molecule has 3 aromatic carbocycles. The molecule has 0 aliphatic heterocycles. The van der Waals surface area contributed by atoms with Crippen molar-refractivity contribution in [2.45, 2.75) is 31.9 Å². The lowest BCUT2D eigenvalue weighted by Crippen LogP contribution is -2.46. The molecule has 0 bridgehead atoms. The highest BCUT2D eigenvalue weighted by Gasteiger charge is 2.20. The van der Waals surface area contributed by atoms with Crippen molar-refractivity contribution in [1.29, 1.82) is 0 Å². The third-order valence-corrected chi connectivity index (χ3v) is 5.11. The summed E-state index contributed by atoms with van der Waals surface area (Å²) in [6.45, 7) is 4.91. The Kier molecular flexibility index (Phi) is 7.19. The number of ether oxygens (including phenoxy) is 3. The second-order valence-corrected chi connectivity index (χ2v) is 8.07. The van der Waals surface area contributed by atoms with E-state index in [0.717, 1.165) is 34.4 Å². The van der Waals surface area contributed by atoms with Gasteiger partial charge in [-0.2, -0.15) is 0 Å². The fourth-order valence-corrected chi connectivity index (χ4v) is 3.51. The van der Waals surface area contributed by atoms with E-state index in [9.17, 15) is 5.11 Å². The molecule has 0 amide bonds. The Bertz CT molecular complexity index is 953. The van der Waals surface area contributed by atoms with Gasteiger partial charge in [-0.25, -0.2) is 0 Å². The zero-order valence-electron chi connectivity index (χ0n) is 18.1. The van der Waals surface area contributed by atoms with Gasteiger partial charge in [0, 0.05) is 22.9 Å². The highest BCUT2D eigenvalue weighted by atomic mass is 16.5. The Labute approximate surface area is 178 Å². The summed E-state index contributed by atoms with van der Waals surface area (Å²) >= 11 is 0. The summed E-state index contributed by atoms with van der Waals surface area (Å²) in [5, 5.41) is 15.9. The van der Waals surface area contributed by atoms with Crippen LogP contribution in [0.3, 0.4) is 0 Å². The van der Waals surface area contributed by atoms with Gasteiger partial charge in [0.2, 0.25) is 0 Å². The van der Waals surface area contributed by atoms with Gasteiger partial charge in [-0.15, -0.1) is 0 Å². The monoisotopic (exact) mass is 409 g/mol. The zero-order chi connectivity index (χ0) is 21.6. The number of benzene rings is 3. The first-order valence-corrected chi connectivity index (χ1v) is 10.2. The SMILES string of the molecule is COc1ccc(CC(C)(C)NCC(O)COc2cccc3c(OC)cccc23)cc1. The van der Waals surface area contributed by atoms with Gasteiger partial charge in [0.1, 0.15) is 30.0 Å². The quantitative estimate of drug-likeness (QED) is 0.525. The standard InChI is InChI=1S/C25H31NO4/c1-25(2,15-18-11-13-20(28-3)14-12-18)26-16-19(27)17-30-24-10-6-7-21-22(24)8-5-9-23(21)29-4/h5-14,19,26-27H,15-17H2,1-4H3. The fourth-order valence-electron chi connectivity index (χ4n) is 3.51. The van der Waals surface area contributed by atoms with Crippen molar-refractivity contribution in [3.63, 3.8) is 0 Å². The van der Waals surface area contributed by atoms with Crippen LogP contribution in [0.5, 0.6) is 17.2 Å². The van der Waals surface area contributed by atoms with Gasteiger partial charge in [0.15, 0.2) is 0 Å². The molecule has 0 fully saturated rings. The van der Waals surface area contributed by atoms with Crippen molar-refractivity contribution in [1.82, 2.24) is 5.32 Å². The molecule has 0 saturated heterocycles. The second-order valence-electron chi connectivity index (χ2n) is 8.07. The van der Waals surface area contributed by atoms with Gasteiger partial charge in [0.05, 0.1) is 14.2 Å². The van der Waals surface area contributed by atoms with Crippen LogP contribution in [0.1, 0.15) is 19.4 Å². The van der Waals surface area contributed by atoms with E-state index in [4.69, 9.17) is 14.2 Å². The van der Waals surface area contributed by atoms with Gasteiger partial charge in [-0.3, -0.25) is 0 Å². The van der Waals surface area contributed by atoms with Crippen LogP contribution in [0.4, 0.5) is 0 Å². The summed E-state index contributed by atoms with van der Waals surface area (Å²) in [4.78, 5) is 0. The highest BCUT2D eigenvalue weighted by Crippen LogP contribution is 2.32. The number of aliphatic hydroxyl groups is 1. The van der Waals surface area contributed by atoms with Crippen LogP contribution in [0, 0.1) is 0 Å². The van der Waals surface area contributed by atoms with Crippen molar-refractivity contribution < 1.29 is 19.3 Å². The minimum Gasteiger partial charge on any atom is -0.497 e. The smallest absolute Gasteiger partial charge is 0.127 e. The Balaban J connectivity index is 1.54. The normalized spacial score (nSPS) is 12.6. The van der Waals surface area contributed by atoms with E-state index >= 15 is 0 Å². The Morgan fingerprint density at radius 3 is 2.13 bits per heavy atom. The average molecular weight is 410 g/mol. The molecule has 1 unspecified atom stereocenters. The number of β-amino-alcohol motifs (C(OH)–C–C–N with tert-alkyl or cyclic N) is 1. The fraction of sp³-hybridized carbons (Fsp3) is 0.360. The summed E-state index contributed by atoms with van der Waals surface area (Å²) in [5.74, 6) is 2.39. The lowest BCUT2D eigenvalue weighted by molar-refractivity contribution is 0.0996. The number of rotatable bonds is 10. The van der Waals surface area contributed by atoms with Crippen LogP contribution >= 0.6 is 0 Å². The summed E-state index contributed by atoms with van der Waals surface area (Å²) < 4.78 is 16.6. The summed E-state index contributed by atoms with van der Waals surface area (Å²) in [7, 11) is 3.32. The first kappa shape index (κ1) is 21.9. The molecule has 3 aromatic rings. The van der Waals surface area contributed by atoms with Gasteiger partial charge in [-0.1, -0.05) is 36.4 Å². The molecule has 30 heavy (non-hydrogen) atoms. The average Bonchev–Trinajstić information content (AvgIpc) is 2.76. The minimum atomic E-state index is -0.624. The Morgan fingerprint density at radius 1 is 0.867 bits per heavy atom. The maximum Gasteiger partial charge on any atom is 0.127 e. The van der Waals surface area contributed by atoms with Crippen LogP contribution in [0.2, 0.25) is 0 Å². The van der Waals surface area contributed by atoms with Crippen LogP contribution in [-0.4, -0.2) is 44.1 Å². The van der Waals surface area contributed by atoms with E-state index in [1.807, 2.05) is 48.5 Å². The maximum absolute atomic E-state index is 10.5. The molecule has 0 aliphatic rings. The molecule has 0 saturated carbocycles. The Morgan fingerprint density at radius 2 is 1.50 bits per heavy atom. The Hall–Kier alpha value is -2.76. The van der Waals surface area contributed by atoms with Gasteiger partial charge in [-0.05, 0) is 50.1 Å². The maximum atomic E-state index is 10.5. The lowest BCUT2D eigenvalue weighted by atomic mass is 9.94. The molecule has 0 aromatic heterocycles. The first-order valence-electron chi connectivity index (χ1n) is 10.2. The van der Waals surface area contributed by atoms with Gasteiger partial charge >= 0.3 is 0 Å². The molecule has 3 rings (SSSR count). The van der Waals surface area contributed by atoms with Crippen LogP contribution < -0.4 is 19.5 Å². The summed E-state index contributed by atoms with van der Waals surface area (Å²) in [5.41, 5.74) is 1.05. The third kappa shape index (κ3) is 5.65. The number of nitrogens with one attached hydrogen (secondary N) is 1. The highest BCUT2D eigenvalue weighted by molar-refractivity contribution is 5.93. The number of aliphatic hydroxyl groups excluding tert-OH is 1. The largest absolute Gasteiger partial charge is 0.497 e. The van der Waals surface area contributed by atoms with Crippen LogP contribution in [0.15, 0.2) is 60.7 Å². The molecule has 0 spiro atoms. The van der Waals surface area contributed by atoms with E-state index in [-0.39, 0.29) is 12.1 Å². The number of methoxy groups -OCH3 is 2. The lowest BCUT2D eigenvalue weighted by Gasteiger charge is -2.28. The van der Waals surface area contributed by atoms with E-state index in [2.05, 4.69) is 31.3 Å². The van der Waals surface area contributed by atoms with E-state index < -0.39 is 6.10 Å². The van der Waals surface area contributed by atoms with Crippen molar-refractivity contribution in [2.75, 3.05) is 27.4 Å². The number of fused-ring (bicyclic) bond motifs is 1. The van der Waals surface area contributed by atoms with E-state index in [0.29, 0.717) is 6.54 Å². The molecule has 2 N–H and O–H groups in total. The molecule has 160 valence electrons. The molecule has 5 nitrogen and oxygen atoms in total. The molecule has 0 heterocycles. The molecular formula is C25H31NO4. The topological polar surface area (TPSA) is 60.0 Å². The minimum absolute atomic E-state index is 0.164. The predicted octanol–water partition coefficient (Wildman–Crippen LogP) is 4.21. The van der Waals surface area contributed by atoms with E-state index in [1.54, 1.807) is 14.2 Å². The van der Waals surface area contributed by atoms with Crippen molar-refractivity contribution >= 4 is 10.8 Å². The first-order chi connectivity index (χ1) is 14.4. The molecule has 0 aliphatic carbocycles. The van der Waals surface area contributed by atoms with E-state index in [1.165, 1.54) is 5.56 Å². The van der Waals surface area contributed by atoms with Gasteiger partial charge < -0.3 is 24.6 Å². The third-order valence-electron chi connectivity index (χ3n) is 5.11. The number of hydrogen-bond acceptors (Lipinski definition) is 5. The summed E-state index contributed by atoms with van der Waals surface area (Å²) in [6.07, 6.45) is 0.217. The van der Waals surface area contributed by atoms with Crippen LogP contribution in [0.25, 0.3) is 10.8 Å². The van der Waals surface area contributed by atoms with Crippen LogP contribution in [-0.2, 0) is 6.42 Å². The molecule has 5 heteroatoms. The molecule has 0 radical (unpaired) electrons. The predicted molar refractivity (Wildman–Crippen MR) is 121 cm³/mol. The van der Waals surface area contributed by atoms with Crippen molar-refractivity contribution in [3.8, 4) is 17.2 Å². The van der Waals surface area contributed by atoms with Gasteiger partial charge in [0.25, 0.3) is 0 Å². The molecule has 1 atom stereocenters. The number of hydrogen-bond donors (Lipinski definition) is 2. The van der Waals surface area contributed by atoms with Crippen molar-refractivity contribution in [2.24, 2.45) is 0 Å².